The van der Waals surface area contributed by atoms with E-state index in [0.717, 1.165) is 6.42 Å². The summed E-state index contributed by atoms with van der Waals surface area (Å²) >= 11 is 5.66. The third-order valence-electron chi connectivity index (χ3n) is 2.02. The molecular formula is C9H13Cl. The lowest BCUT2D eigenvalue weighted by molar-refractivity contribution is 0.556. The number of allylic oxidation sites excluding steroid dienone is 3. The molecule has 0 aliphatic heterocycles. The molecule has 0 N–H and O–H groups in total. The molecule has 0 amide bonds. The molecule has 1 aliphatic rings. The van der Waals surface area contributed by atoms with E-state index in [1.807, 2.05) is 0 Å². The van der Waals surface area contributed by atoms with Crippen LogP contribution in [0.1, 0.15) is 19.3 Å². The monoisotopic (exact) mass is 156 g/mol. The van der Waals surface area contributed by atoms with Crippen LogP contribution in [-0.4, -0.2) is 5.88 Å². The molecule has 0 aromatic heterocycles. The molecule has 1 unspecified atom stereocenters. The van der Waals surface area contributed by atoms with E-state index in [9.17, 15) is 0 Å². The molecule has 0 radical (unpaired) electrons. The Labute approximate surface area is 67.6 Å². The Bertz CT molecular complexity index is 147. The van der Waals surface area contributed by atoms with Gasteiger partial charge in [0.25, 0.3) is 0 Å². The summed E-state index contributed by atoms with van der Waals surface area (Å²) < 4.78 is 0. The van der Waals surface area contributed by atoms with Crippen LogP contribution in [-0.2, 0) is 0 Å². The van der Waals surface area contributed by atoms with E-state index >= 15 is 0 Å². The van der Waals surface area contributed by atoms with E-state index in [0.29, 0.717) is 11.8 Å². The average molecular weight is 157 g/mol. The van der Waals surface area contributed by atoms with Gasteiger partial charge >= 0.3 is 0 Å². The summed E-state index contributed by atoms with van der Waals surface area (Å²) in [7, 11) is 0. The van der Waals surface area contributed by atoms with Crippen LogP contribution in [0.5, 0.6) is 0 Å². The highest BCUT2D eigenvalue weighted by atomic mass is 35.5. The summed E-state index contributed by atoms with van der Waals surface area (Å²) in [5.74, 6) is 1.28. The van der Waals surface area contributed by atoms with Crippen LogP contribution in [0.2, 0.25) is 0 Å². The van der Waals surface area contributed by atoms with E-state index in [2.05, 4.69) is 18.7 Å². The number of halogens is 1. The minimum absolute atomic E-state index is 0.624. The van der Waals surface area contributed by atoms with Crippen LogP contribution in [0.4, 0.5) is 0 Å². The first-order chi connectivity index (χ1) is 4.84. The molecule has 56 valence electrons. The number of hydrogen-bond acceptors (Lipinski definition) is 0. The largest absolute Gasteiger partial charge is 0.122 e. The molecule has 10 heavy (non-hydrogen) atoms. The summed E-state index contributed by atoms with van der Waals surface area (Å²) in [6.07, 6.45) is 8.04. The van der Waals surface area contributed by atoms with Crippen molar-refractivity contribution in [1.82, 2.24) is 0 Å². The van der Waals surface area contributed by atoms with Gasteiger partial charge in [-0.1, -0.05) is 24.3 Å². The van der Waals surface area contributed by atoms with Crippen molar-refractivity contribution in [2.24, 2.45) is 5.92 Å². The number of alkyl halides is 1. The quantitative estimate of drug-likeness (QED) is 0.426. The van der Waals surface area contributed by atoms with E-state index in [1.165, 1.54) is 18.4 Å². The fourth-order valence-corrected chi connectivity index (χ4v) is 1.49. The minimum atomic E-state index is 0.624. The van der Waals surface area contributed by atoms with E-state index in [-0.39, 0.29) is 0 Å². The maximum atomic E-state index is 5.66. The third-order valence-corrected chi connectivity index (χ3v) is 2.36. The predicted octanol–water partition coefficient (Wildman–Crippen LogP) is 3.14. The molecule has 1 aliphatic carbocycles. The second kappa shape index (κ2) is 3.82. The average Bonchev–Trinajstić information content (AvgIpc) is 2.05. The van der Waals surface area contributed by atoms with Gasteiger partial charge in [-0.3, -0.25) is 0 Å². The van der Waals surface area contributed by atoms with Crippen molar-refractivity contribution in [1.29, 1.82) is 0 Å². The fraction of sp³-hybridized carbons (Fsp3) is 0.556. The first-order valence-corrected chi connectivity index (χ1v) is 4.26. The predicted molar refractivity (Wildman–Crippen MR) is 46.3 cm³/mol. The maximum Gasteiger partial charge on any atom is 0.0433 e. The van der Waals surface area contributed by atoms with Crippen molar-refractivity contribution in [3.05, 3.63) is 24.3 Å². The zero-order valence-electron chi connectivity index (χ0n) is 6.15. The van der Waals surface area contributed by atoms with Crippen LogP contribution in [0.15, 0.2) is 24.3 Å². The molecular weight excluding hydrogens is 144 g/mol. The first-order valence-electron chi connectivity index (χ1n) is 3.73. The molecule has 0 spiro atoms. The number of hydrogen-bond donors (Lipinski definition) is 0. The molecule has 0 saturated carbocycles. The Balaban J connectivity index is 2.41. The van der Waals surface area contributed by atoms with Crippen molar-refractivity contribution in [2.75, 3.05) is 5.88 Å². The summed E-state index contributed by atoms with van der Waals surface area (Å²) in [4.78, 5) is 0. The van der Waals surface area contributed by atoms with Gasteiger partial charge < -0.3 is 0 Å². The standard InChI is InChI=1S/C9H13Cl/c1-8(7-10)9-5-3-2-4-6-9/h2-3,9H,1,4-7H2. The van der Waals surface area contributed by atoms with Gasteiger partial charge in [0.05, 0.1) is 0 Å². The molecule has 0 heterocycles. The molecule has 0 aromatic carbocycles. The third kappa shape index (κ3) is 1.88. The Kier molecular flexibility index (Phi) is 3.01. The van der Waals surface area contributed by atoms with Crippen LogP contribution in [0, 0.1) is 5.92 Å². The molecule has 0 aromatic rings. The van der Waals surface area contributed by atoms with Crippen LogP contribution in [0.3, 0.4) is 0 Å². The lowest BCUT2D eigenvalue weighted by atomic mass is 9.89. The second-order valence-corrected chi connectivity index (χ2v) is 3.04. The van der Waals surface area contributed by atoms with Crippen molar-refractivity contribution >= 4 is 11.6 Å². The second-order valence-electron chi connectivity index (χ2n) is 2.77. The first kappa shape index (κ1) is 7.87. The molecule has 0 fully saturated rings. The molecule has 1 atom stereocenters. The van der Waals surface area contributed by atoms with Gasteiger partial charge in [0.2, 0.25) is 0 Å². The van der Waals surface area contributed by atoms with Gasteiger partial charge in [-0.15, -0.1) is 11.6 Å². The number of rotatable bonds is 2. The van der Waals surface area contributed by atoms with E-state index in [1.54, 1.807) is 0 Å². The van der Waals surface area contributed by atoms with Crippen LogP contribution >= 0.6 is 11.6 Å². The summed E-state index contributed by atoms with van der Waals surface area (Å²) in [5.41, 5.74) is 1.20. The van der Waals surface area contributed by atoms with Gasteiger partial charge in [0.1, 0.15) is 0 Å². The summed E-state index contributed by atoms with van der Waals surface area (Å²) in [6.45, 7) is 3.93. The lowest BCUT2D eigenvalue weighted by Crippen LogP contribution is -2.05. The van der Waals surface area contributed by atoms with Crippen molar-refractivity contribution in [3.63, 3.8) is 0 Å². The van der Waals surface area contributed by atoms with Crippen LogP contribution in [0.25, 0.3) is 0 Å². The zero-order valence-corrected chi connectivity index (χ0v) is 6.90. The Morgan fingerprint density at radius 2 is 2.40 bits per heavy atom. The smallest absolute Gasteiger partial charge is 0.0433 e. The van der Waals surface area contributed by atoms with Gasteiger partial charge in [-0.2, -0.15) is 0 Å². The van der Waals surface area contributed by atoms with Gasteiger partial charge in [-0.25, -0.2) is 0 Å². The highest BCUT2D eigenvalue weighted by molar-refractivity contribution is 6.19. The summed E-state index contributed by atoms with van der Waals surface area (Å²) in [5, 5.41) is 0. The Hall–Kier alpha value is -0.230. The summed E-state index contributed by atoms with van der Waals surface area (Å²) in [6, 6.07) is 0. The van der Waals surface area contributed by atoms with Gasteiger partial charge in [0, 0.05) is 5.88 Å². The van der Waals surface area contributed by atoms with Gasteiger partial charge in [-0.05, 0) is 25.2 Å². The van der Waals surface area contributed by atoms with Crippen molar-refractivity contribution in [3.8, 4) is 0 Å². The van der Waals surface area contributed by atoms with Gasteiger partial charge in [0.15, 0.2) is 0 Å². The molecule has 0 saturated heterocycles. The van der Waals surface area contributed by atoms with E-state index in [4.69, 9.17) is 11.6 Å². The minimum Gasteiger partial charge on any atom is -0.122 e. The molecule has 1 heteroatoms. The van der Waals surface area contributed by atoms with E-state index < -0.39 is 0 Å². The van der Waals surface area contributed by atoms with Crippen molar-refractivity contribution in [2.45, 2.75) is 19.3 Å². The highest BCUT2D eigenvalue weighted by Crippen LogP contribution is 2.24. The SMILES string of the molecule is C=C(CCl)C1CC=CCC1. The zero-order chi connectivity index (χ0) is 7.40. The lowest BCUT2D eigenvalue weighted by Gasteiger charge is -2.18. The van der Waals surface area contributed by atoms with Crippen LogP contribution < -0.4 is 0 Å². The molecule has 0 bridgehead atoms. The topological polar surface area (TPSA) is 0 Å². The Morgan fingerprint density at radius 3 is 2.90 bits per heavy atom. The molecule has 1 rings (SSSR count). The Morgan fingerprint density at radius 1 is 1.60 bits per heavy atom. The molecule has 0 nitrogen and oxygen atoms in total. The highest BCUT2D eigenvalue weighted by Gasteiger charge is 2.11. The maximum absolute atomic E-state index is 5.66. The fourth-order valence-electron chi connectivity index (χ4n) is 1.27. The normalized spacial score (nSPS) is 24.7. The van der Waals surface area contributed by atoms with Crippen molar-refractivity contribution < 1.29 is 0 Å².